The maximum atomic E-state index is 5.38. The molecule has 0 bridgehead atoms. The van der Waals surface area contributed by atoms with Crippen LogP contribution in [0.3, 0.4) is 0 Å². The number of nitrogens with zero attached hydrogens (tertiary/aromatic N) is 1. The van der Waals surface area contributed by atoms with E-state index in [0.717, 1.165) is 15.4 Å². The summed E-state index contributed by atoms with van der Waals surface area (Å²) in [7, 11) is 1.71. The quantitative estimate of drug-likeness (QED) is 0.814. The minimum atomic E-state index is 0.893. The van der Waals surface area contributed by atoms with Crippen molar-refractivity contribution >= 4 is 27.3 Å². The van der Waals surface area contributed by atoms with Crippen molar-refractivity contribution in [3.8, 4) is 16.3 Å². The summed E-state index contributed by atoms with van der Waals surface area (Å²) in [5.74, 6) is 0.944. The van der Waals surface area contributed by atoms with Gasteiger partial charge in [-0.25, -0.2) is 4.98 Å². The standard InChI is InChI=1S/C13H14BrNOS/c1-7-5-10(16-4)8(2)9(3)12(7)13-15-11(14)6-17-13/h5-6H,1-4H3. The van der Waals surface area contributed by atoms with Crippen LogP contribution >= 0.6 is 27.3 Å². The van der Waals surface area contributed by atoms with E-state index >= 15 is 0 Å². The van der Waals surface area contributed by atoms with E-state index in [9.17, 15) is 0 Å². The Labute approximate surface area is 114 Å². The van der Waals surface area contributed by atoms with Gasteiger partial charge in [0.05, 0.1) is 7.11 Å². The molecule has 1 aromatic carbocycles. The van der Waals surface area contributed by atoms with E-state index < -0.39 is 0 Å². The number of benzene rings is 1. The number of methoxy groups -OCH3 is 1. The van der Waals surface area contributed by atoms with Gasteiger partial charge in [-0.15, -0.1) is 11.3 Å². The summed E-state index contributed by atoms with van der Waals surface area (Å²) in [5, 5.41) is 3.06. The van der Waals surface area contributed by atoms with Crippen LogP contribution < -0.4 is 4.74 Å². The highest BCUT2D eigenvalue weighted by Gasteiger charge is 2.14. The molecule has 90 valence electrons. The lowest BCUT2D eigenvalue weighted by Gasteiger charge is -2.14. The van der Waals surface area contributed by atoms with Crippen LogP contribution in [0, 0.1) is 20.8 Å². The van der Waals surface area contributed by atoms with Gasteiger partial charge in [-0.2, -0.15) is 0 Å². The fourth-order valence-corrected chi connectivity index (χ4v) is 3.37. The van der Waals surface area contributed by atoms with Crippen LogP contribution in [0.1, 0.15) is 16.7 Å². The van der Waals surface area contributed by atoms with Gasteiger partial charge in [-0.3, -0.25) is 0 Å². The Bertz CT molecular complexity index is 563. The monoisotopic (exact) mass is 311 g/mol. The van der Waals surface area contributed by atoms with Crippen LogP contribution in [-0.2, 0) is 0 Å². The molecule has 0 aliphatic heterocycles. The van der Waals surface area contributed by atoms with Gasteiger partial charge in [-0.1, -0.05) is 0 Å². The van der Waals surface area contributed by atoms with Crippen molar-refractivity contribution in [1.82, 2.24) is 4.98 Å². The Kier molecular flexibility index (Phi) is 3.54. The zero-order valence-electron chi connectivity index (χ0n) is 10.3. The first-order valence-electron chi connectivity index (χ1n) is 5.30. The van der Waals surface area contributed by atoms with Gasteiger partial charge in [0, 0.05) is 10.9 Å². The first-order chi connectivity index (χ1) is 8.04. The summed E-state index contributed by atoms with van der Waals surface area (Å²) in [5.41, 5.74) is 4.84. The molecule has 0 aliphatic rings. The number of thiazole rings is 1. The van der Waals surface area contributed by atoms with Crippen LogP contribution in [0.2, 0.25) is 0 Å². The third-order valence-electron chi connectivity index (χ3n) is 2.96. The Morgan fingerprint density at radius 3 is 2.47 bits per heavy atom. The van der Waals surface area contributed by atoms with Gasteiger partial charge in [0.15, 0.2) is 0 Å². The summed E-state index contributed by atoms with van der Waals surface area (Å²) in [6.45, 7) is 6.30. The second kappa shape index (κ2) is 4.78. The molecule has 0 aliphatic carbocycles. The van der Waals surface area contributed by atoms with E-state index in [1.165, 1.54) is 22.3 Å². The first kappa shape index (κ1) is 12.6. The Hall–Kier alpha value is -0.870. The lowest BCUT2D eigenvalue weighted by atomic mass is 9.98. The molecule has 1 aromatic heterocycles. The number of aryl methyl sites for hydroxylation is 1. The van der Waals surface area contributed by atoms with Crippen molar-refractivity contribution in [3.05, 3.63) is 32.7 Å². The van der Waals surface area contributed by atoms with Crippen molar-refractivity contribution in [2.24, 2.45) is 0 Å². The molecule has 0 unspecified atom stereocenters. The maximum Gasteiger partial charge on any atom is 0.125 e. The van der Waals surface area contributed by atoms with E-state index in [0.29, 0.717) is 0 Å². The number of halogens is 1. The Balaban J connectivity index is 2.66. The molecule has 0 radical (unpaired) electrons. The molecule has 0 amide bonds. The van der Waals surface area contributed by atoms with Gasteiger partial charge < -0.3 is 4.74 Å². The number of aromatic nitrogens is 1. The highest BCUT2D eigenvalue weighted by Crippen LogP contribution is 2.36. The predicted molar refractivity (Wildman–Crippen MR) is 76.0 cm³/mol. The number of hydrogen-bond acceptors (Lipinski definition) is 3. The SMILES string of the molecule is COc1cc(C)c(-c2nc(Br)cs2)c(C)c1C. The normalized spacial score (nSPS) is 10.6. The third kappa shape index (κ3) is 2.24. The molecule has 1 heterocycles. The van der Waals surface area contributed by atoms with Crippen molar-refractivity contribution in [2.75, 3.05) is 7.11 Å². The number of rotatable bonds is 2. The predicted octanol–water partition coefficient (Wildman–Crippen LogP) is 4.51. The third-order valence-corrected chi connectivity index (χ3v) is 4.53. The van der Waals surface area contributed by atoms with Gasteiger partial charge in [0.1, 0.15) is 15.4 Å². The molecule has 2 aromatic rings. The molecule has 0 spiro atoms. The van der Waals surface area contributed by atoms with E-state index in [4.69, 9.17) is 4.74 Å². The van der Waals surface area contributed by atoms with Crippen molar-refractivity contribution in [3.63, 3.8) is 0 Å². The van der Waals surface area contributed by atoms with Gasteiger partial charge >= 0.3 is 0 Å². The zero-order valence-corrected chi connectivity index (χ0v) is 12.7. The largest absolute Gasteiger partial charge is 0.496 e. The van der Waals surface area contributed by atoms with Crippen molar-refractivity contribution in [2.45, 2.75) is 20.8 Å². The molecule has 0 N–H and O–H groups in total. The summed E-state index contributed by atoms with van der Waals surface area (Å²) in [6, 6.07) is 2.08. The van der Waals surface area contributed by atoms with Gasteiger partial charge in [-0.05, 0) is 59.5 Å². The van der Waals surface area contributed by atoms with Crippen LogP contribution in [0.4, 0.5) is 0 Å². The van der Waals surface area contributed by atoms with Gasteiger partial charge in [0.25, 0.3) is 0 Å². The summed E-state index contributed by atoms with van der Waals surface area (Å²) >= 11 is 5.05. The molecule has 0 saturated carbocycles. The van der Waals surface area contributed by atoms with Crippen molar-refractivity contribution in [1.29, 1.82) is 0 Å². The summed E-state index contributed by atoms with van der Waals surface area (Å²) in [6.07, 6.45) is 0. The maximum absolute atomic E-state index is 5.38. The smallest absolute Gasteiger partial charge is 0.125 e. The summed E-state index contributed by atoms with van der Waals surface area (Å²) < 4.78 is 6.27. The highest BCUT2D eigenvalue weighted by molar-refractivity contribution is 9.10. The van der Waals surface area contributed by atoms with Crippen LogP contribution in [0.25, 0.3) is 10.6 Å². The average Bonchev–Trinajstić information content (AvgIpc) is 2.70. The van der Waals surface area contributed by atoms with E-state index in [1.807, 2.05) is 5.38 Å². The highest BCUT2D eigenvalue weighted by atomic mass is 79.9. The molecule has 0 atom stereocenters. The Morgan fingerprint density at radius 1 is 1.24 bits per heavy atom. The topological polar surface area (TPSA) is 22.1 Å². The fourth-order valence-electron chi connectivity index (χ4n) is 1.96. The number of ether oxygens (including phenoxy) is 1. The van der Waals surface area contributed by atoms with Crippen molar-refractivity contribution < 1.29 is 4.74 Å². The minimum Gasteiger partial charge on any atom is -0.496 e. The molecule has 4 heteroatoms. The number of hydrogen-bond donors (Lipinski definition) is 0. The molecule has 0 fully saturated rings. The molecule has 2 rings (SSSR count). The van der Waals surface area contributed by atoms with Crippen LogP contribution in [0.5, 0.6) is 5.75 Å². The zero-order chi connectivity index (χ0) is 12.6. The van der Waals surface area contributed by atoms with E-state index in [-0.39, 0.29) is 0 Å². The lowest BCUT2D eigenvalue weighted by Crippen LogP contribution is -1.96. The fraction of sp³-hybridized carbons (Fsp3) is 0.308. The first-order valence-corrected chi connectivity index (χ1v) is 6.98. The minimum absolute atomic E-state index is 0.893. The second-order valence-corrected chi connectivity index (χ2v) is 5.67. The lowest BCUT2D eigenvalue weighted by molar-refractivity contribution is 0.411. The van der Waals surface area contributed by atoms with Crippen LogP contribution in [-0.4, -0.2) is 12.1 Å². The summed E-state index contributed by atoms with van der Waals surface area (Å²) in [4.78, 5) is 4.49. The molecular weight excluding hydrogens is 298 g/mol. The molecule has 17 heavy (non-hydrogen) atoms. The van der Waals surface area contributed by atoms with Gasteiger partial charge in [0.2, 0.25) is 0 Å². The molecule has 0 saturated heterocycles. The second-order valence-electron chi connectivity index (χ2n) is 4.00. The molecule has 2 nitrogen and oxygen atoms in total. The van der Waals surface area contributed by atoms with E-state index in [1.54, 1.807) is 18.4 Å². The van der Waals surface area contributed by atoms with E-state index in [2.05, 4.69) is 47.8 Å². The molecular formula is C13H14BrNOS. The average molecular weight is 312 g/mol. The Morgan fingerprint density at radius 2 is 1.94 bits per heavy atom. The van der Waals surface area contributed by atoms with Crippen LogP contribution in [0.15, 0.2) is 16.0 Å².